The monoisotopic (exact) mass is 260 g/mol. The second kappa shape index (κ2) is 4.75. The first kappa shape index (κ1) is 13.1. The largest absolute Gasteiger partial charge is 0.369 e. The average molecular weight is 260 g/mol. The molecule has 0 atom stereocenters. The summed E-state index contributed by atoms with van der Waals surface area (Å²) in [6, 6.07) is 0. The number of hydrogen-bond donors (Lipinski definition) is 1. The minimum absolute atomic E-state index is 0.0176. The third-order valence-electron chi connectivity index (χ3n) is 2.44. The molecule has 0 aliphatic carbocycles. The molecular formula is C12H16N6O. The third-order valence-corrected chi connectivity index (χ3v) is 2.44. The van der Waals surface area contributed by atoms with Crippen LogP contribution in [0.2, 0.25) is 0 Å². The molecule has 19 heavy (non-hydrogen) atoms. The topological polar surface area (TPSA) is 99.6 Å². The molecule has 0 saturated heterocycles. The predicted molar refractivity (Wildman–Crippen MR) is 68.9 cm³/mol. The maximum Gasteiger partial charge on any atom is 0.225 e. The van der Waals surface area contributed by atoms with Crippen LogP contribution in [0.15, 0.2) is 18.7 Å². The average Bonchev–Trinajstić information content (AvgIpc) is 2.73. The Kier molecular flexibility index (Phi) is 3.28. The molecule has 0 spiro atoms. The van der Waals surface area contributed by atoms with E-state index in [9.17, 15) is 4.79 Å². The molecule has 0 radical (unpaired) electrons. The highest BCUT2D eigenvalue weighted by molar-refractivity contribution is 5.75. The van der Waals surface area contributed by atoms with Crippen molar-refractivity contribution in [3.8, 4) is 11.4 Å². The fraction of sp³-hybridized carbons (Fsp3) is 0.417. The first-order chi connectivity index (χ1) is 8.88. The van der Waals surface area contributed by atoms with Gasteiger partial charge in [-0.2, -0.15) is 5.10 Å². The van der Waals surface area contributed by atoms with Gasteiger partial charge in [-0.3, -0.25) is 4.79 Å². The van der Waals surface area contributed by atoms with Crippen molar-refractivity contribution < 1.29 is 4.79 Å². The Bertz CT molecular complexity index is 584. The van der Waals surface area contributed by atoms with Crippen molar-refractivity contribution in [2.24, 2.45) is 5.73 Å². The van der Waals surface area contributed by atoms with Crippen molar-refractivity contribution >= 4 is 5.91 Å². The van der Waals surface area contributed by atoms with Gasteiger partial charge in [0.15, 0.2) is 11.6 Å². The van der Waals surface area contributed by atoms with Crippen molar-refractivity contribution in [1.82, 2.24) is 24.7 Å². The number of amides is 1. The molecule has 7 heteroatoms. The number of aromatic nitrogens is 5. The zero-order valence-corrected chi connectivity index (χ0v) is 11.2. The minimum Gasteiger partial charge on any atom is -0.369 e. The zero-order chi connectivity index (χ0) is 14.0. The van der Waals surface area contributed by atoms with E-state index in [4.69, 9.17) is 5.73 Å². The van der Waals surface area contributed by atoms with Gasteiger partial charge in [-0.15, -0.1) is 0 Å². The number of rotatable bonds is 3. The van der Waals surface area contributed by atoms with Crippen molar-refractivity contribution in [2.45, 2.75) is 32.7 Å². The second-order valence-electron chi connectivity index (χ2n) is 5.20. The summed E-state index contributed by atoms with van der Waals surface area (Å²) in [7, 11) is 0. The Labute approximate surface area is 110 Å². The molecule has 2 aromatic heterocycles. The lowest BCUT2D eigenvalue weighted by atomic mass is 10.1. The lowest BCUT2D eigenvalue weighted by Crippen LogP contribution is -2.24. The molecule has 100 valence electrons. The van der Waals surface area contributed by atoms with Crippen LogP contribution in [0.4, 0.5) is 0 Å². The fourth-order valence-corrected chi connectivity index (χ4v) is 1.65. The number of hydrogen-bond acceptors (Lipinski definition) is 5. The third kappa shape index (κ3) is 2.93. The van der Waals surface area contributed by atoms with Gasteiger partial charge in [0, 0.05) is 12.4 Å². The van der Waals surface area contributed by atoms with Crippen LogP contribution in [-0.4, -0.2) is 30.6 Å². The summed E-state index contributed by atoms with van der Waals surface area (Å²) in [5, 5.41) is 4.35. The number of nitrogens with two attached hydrogens (primary N) is 1. The lowest BCUT2D eigenvalue weighted by molar-refractivity contribution is -0.117. The summed E-state index contributed by atoms with van der Waals surface area (Å²) < 4.78 is 1.75. The first-order valence-corrected chi connectivity index (χ1v) is 5.88. The van der Waals surface area contributed by atoms with Crippen molar-refractivity contribution in [3.63, 3.8) is 0 Å². The molecule has 2 N–H and O–H groups in total. The number of carbonyl (C=O) groups excluding carboxylic acids is 1. The lowest BCUT2D eigenvalue weighted by Gasteiger charge is -2.20. The highest BCUT2D eigenvalue weighted by atomic mass is 16.1. The van der Waals surface area contributed by atoms with Gasteiger partial charge in [0.2, 0.25) is 5.91 Å². The molecule has 0 bridgehead atoms. The molecule has 2 rings (SSSR count). The van der Waals surface area contributed by atoms with E-state index >= 15 is 0 Å². The zero-order valence-electron chi connectivity index (χ0n) is 11.2. The van der Waals surface area contributed by atoms with Crippen molar-refractivity contribution in [2.75, 3.05) is 0 Å². The summed E-state index contributed by atoms with van der Waals surface area (Å²) in [6.45, 7) is 6.01. The van der Waals surface area contributed by atoms with E-state index < -0.39 is 5.91 Å². The first-order valence-electron chi connectivity index (χ1n) is 5.88. The van der Waals surface area contributed by atoms with Crippen LogP contribution in [-0.2, 0) is 16.8 Å². The predicted octanol–water partition coefficient (Wildman–Crippen LogP) is 0.518. The van der Waals surface area contributed by atoms with Gasteiger partial charge < -0.3 is 5.73 Å². The molecule has 2 heterocycles. The molecule has 0 fully saturated rings. The molecule has 0 aromatic carbocycles. The van der Waals surface area contributed by atoms with Gasteiger partial charge in [-0.1, -0.05) is 0 Å². The molecule has 7 nitrogen and oxygen atoms in total. The summed E-state index contributed by atoms with van der Waals surface area (Å²) in [5.74, 6) is 0.576. The quantitative estimate of drug-likeness (QED) is 0.867. The molecule has 0 unspecified atom stereocenters. The van der Waals surface area contributed by atoms with Crippen molar-refractivity contribution in [3.05, 3.63) is 24.5 Å². The molecular weight excluding hydrogens is 244 g/mol. The van der Waals surface area contributed by atoms with E-state index in [0.29, 0.717) is 11.6 Å². The highest BCUT2D eigenvalue weighted by Crippen LogP contribution is 2.22. The maximum absolute atomic E-state index is 11.0. The Morgan fingerprint density at radius 1 is 1.32 bits per heavy atom. The van der Waals surface area contributed by atoms with Crippen LogP contribution >= 0.6 is 0 Å². The Hall–Kier alpha value is -2.31. The van der Waals surface area contributed by atoms with Gasteiger partial charge in [-0.25, -0.2) is 19.6 Å². The van der Waals surface area contributed by atoms with Crippen LogP contribution in [0.1, 0.15) is 26.6 Å². The van der Waals surface area contributed by atoms with Crippen molar-refractivity contribution in [1.29, 1.82) is 0 Å². The number of carbonyl (C=O) groups is 1. The highest BCUT2D eigenvalue weighted by Gasteiger charge is 2.22. The number of primary amides is 1. The Morgan fingerprint density at radius 3 is 2.47 bits per heavy atom. The summed E-state index contributed by atoms with van der Waals surface area (Å²) in [4.78, 5) is 23.3. The van der Waals surface area contributed by atoms with Gasteiger partial charge in [-0.05, 0) is 20.8 Å². The van der Waals surface area contributed by atoms with E-state index in [1.807, 2.05) is 20.8 Å². The fourth-order valence-electron chi connectivity index (χ4n) is 1.65. The smallest absolute Gasteiger partial charge is 0.225 e. The van der Waals surface area contributed by atoms with Crippen LogP contribution < -0.4 is 5.73 Å². The van der Waals surface area contributed by atoms with E-state index in [1.165, 1.54) is 6.33 Å². The van der Waals surface area contributed by atoms with Crippen LogP contribution in [0.25, 0.3) is 11.4 Å². The van der Waals surface area contributed by atoms with E-state index in [2.05, 4.69) is 20.1 Å². The van der Waals surface area contributed by atoms with Gasteiger partial charge in [0.1, 0.15) is 6.33 Å². The van der Waals surface area contributed by atoms with Gasteiger partial charge in [0.05, 0.1) is 17.5 Å². The molecule has 1 amide bonds. The summed E-state index contributed by atoms with van der Waals surface area (Å²) in [6.07, 6.45) is 4.79. The van der Waals surface area contributed by atoms with Crippen LogP contribution in [0.3, 0.4) is 0 Å². The Morgan fingerprint density at radius 2 is 1.95 bits per heavy atom. The van der Waals surface area contributed by atoms with Gasteiger partial charge >= 0.3 is 0 Å². The molecule has 0 aliphatic heterocycles. The van der Waals surface area contributed by atoms with Gasteiger partial charge in [0.25, 0.3) is 0 Å². The molecule has 0 aliphatic rings. The molecule has 0 saturated carbocycles. The maximum atomic E-state index is 11.0. The standard InChI is InChI=1S/C12H16N6O/c1-12(2,3)18-11(8-5-14-7-15-6-8)16-10(17-18)4-9(13)19/h5-7H,4H2,1-3H3,(H2,13,19). The summed E-state index contributed by atoms with van der Waals surface area (Å²) >= 11 is 0. The minimum atomic E-state index is -0.457. The summed E-state index contributed by atoms with van der Waals surface area (Å²) in [5.41, 5.74) is 5.66. The normalized spacial score (nSPS) is 11.5. The Balaban J connectivity index is 2.52. The van der Waals surface area contributed by atoms with E-state index in [0.717, 1.165) is 5.56 Å². The van der Waals surface area contributed by atoms with E-state index in [-0.39, 0.29) is 12.0 Å². The molecule has 2 aromatic rings. The number of nitrogens with zero attached hydrogens (tertiary/aromatic N) is 5. The second-order valence-corrected chi connectivity index (χ2v) is 5.20. The van der Waals surface area contributed by atoms with Crippen LogP contribution in [0.5, 0.6) is 0 Å². The van der Waals surface area contributed by atoms with Crippen LogP contribution in [0, 0.1) is 0 Å². The van der Waals surface area contributed by atoms with E-state index in [1.54, 1.807) is 17.1 Å². The SMILES string of the molecule is CC(C)(C)n1nc(CC(N)=O)nc1-c1cncnc1.